The minimum atomic E-state index is 0.266. The summed E-state index contributed by atoms with van der Waals surface area (Å²) in [6.45, 7) is 7.33. The molecule has 0 atom stereocenters. The Hall–Kier alpha value is -0.950. The van der Waals surface area contributed by atoms with Crippen molar-refractivity contribution >= 4 is 17.2 Å². The third-order valence-electron chi connectivity index (χ3n) is 5.04. The van der Waals surface area contributed by atoms with Crippen LogP contribution in [0.5, 0.6) is 0 Å². The molecule has 1 N–H and O–H groups in total. The standard InChI is InChI=1S/C17H27N3O2S/c21-13-15-1-4-18(5-2-15)12-17(22)20-8-6-19(7-9-20)11-16-3-10-23-14-16/h3,10,14-15,21H,1-2,4-9,11-13H2. The van der Waals surface area contributed by atoms with Gasteiger partial charge in [0.15, 0.2) is 0 Å². The molecule has 1 amide bonds. The topological polar surface area (TPSA) is 47.0 Å². The lowest BCUT2D eigenvalue weighted by Crippen LogP contribution is -2.51. The van der Waals surface area contributed by atoms with Crippen LogP contribution in [-0.4, -0.2) is 78.1 Å². The van der Waals surface area contributed by atoms with Gasteiger partial charge < -0.3 is 10.0 Å². The Balaban J connectivity index is 1.38. The van der Waals surface area contributed by atoms with Gasteiger partial charge in [-0.05, 0) is 54.2 Å². The van der Waals surface area contributed by atoms with Crippen LogP contribution in [0, 0.1) is 5.92 Å². The van der Waals surface area contributed by atoms with Crippen molar-refractivity contribution in [3.63, 3.8) is 0 Å². The molecule has 2 saturated heterocycles. The first-order valence-corrected chi connectivity index (χ1v) is 9.53. The van der Waals surface area contributed by atoms with Gasteiger partial charge in [-0.15, -0.1) is 0 Å². The Labute approximate surface area is 142 Å². The van der Waals surface area contributed by atoms with Gasteiger partial charge in [0.25, 0.3) is 0 Å². The fourth-order valence-electron chi connectivity index (χ4n) is 3.41. The van der Waals surface area contributed by atoms with Gasteiger partial charge in [0, 0.05) is 39.3 Å². The molecule has 23 heavy (non-hydrogen) atoms. The van der Waals surface area contributed by atoms with Gasteiger partial charge in [-0.1, -0.05) is 0 Å². The van der Waals surface area contributed by atoms with Crippen LogP contribution in [0.2, 0.25) is 0 Å². The highest BCUT2D eigenvalue weighted by Crippen LogP contribution is 2.17. The molecule has 2 fully saturated rings. The van der Waals surface area contributed by atoms with Crippen molar-refractivity contribution in [1.82, 2.24) is 14.7 Å². The minimum Gasteiger partial charge on any atom is -0.396 e. The van der Waals surface area contributed by atoms with Crippen LogP contribution >= 0.6 is 11.3 Å². The molecule has 1 aromatic heterocycles. The van der Waals surface area contributed by atoms with Crippen molar-refractivity contribution in [2.75, 3.05) is 52.4 Å². The number of carbonyl (C=O) groups is 1. The molecular weight excluding hydrogens is 310 g/mol. The van der Waals surface area contributed by atoms with Crippen molar-refractivity contribution in [3.8, 4) is 0 Å². The van der Waals surface area contributed by atoms with Crippen LogP contribution in [-0.2, 0) is 11.3 Å². The van der Waals surface area contributed by atoms with E-state index < -0.39 is 0 Å². The van der Waals surface area contributed by atoms with E-state index in [1.807, 2.05) is 4.90 Å². The van der Waals surface area contributed by atoms with Gasteiger partial charge in [-0.3, -0.25) is 14.6 Å². The number of likely N-dealkylation sites (tertiary alicyclic amines) is 1. The van der Waals surface area contributed by atoms with E-state index in [9.17, 15) is 9.90 Å². The second-order valence-electron chi connectivity index (χ2n) is 6.69. The number of hydrogen-bond donors (Lipinski definition) is 1. The number of hydrogen-bond acceptors (Lipinski definition) is 5. The van der Waals surface area contributed by atoms with E-state index in [1.54, 1.807) is 11.3 Å². The molecule has 0 aliphatic carbocycles. The van der Waals surface area contributed by atoms with E-state index >= 15 is 0 Å². The van der Waals surface area contributed by atoms with Gasteiger partial charge in [0.1, 0.15) is 0 Å². The number of amides is 1. The predicted molar refractivity (Wildman–Crippen MR) is 92.4 cm³/mol. The van der Waals surface area contributed by atoms with Gasteiger partial charge in [-0.2, -0.15) is 11.3 Å². The van der Waals surface area contributed by atoms with Crippen LogP contribution in [0.4, 0.5) is 0 Å². The van der Waals surface area contributed by atoms with E-state index in [2.05, 4.69) is 26.6 Å². The third kappa shape index (κ3) is 4.76. The van der Waals surface area contributed by atoms with E-state index in [-0.39, 0.29) is 12.5 Å². The highest BCUT2D eigenvalue weighted by atomic mass is 32.1. The molecule has 3 rings (SSSR count). The predicted octanol–water partition coefficient (Wildman–Crippen LogP) is 1.10. The average molecular weight is 337 g/mol. The molecule has 0 unspecified atom stereocenters. The lowest BCUT2D eigenvalue weighted by Gasteiger charge is -2.37. The molecule has 2 aliphatic rings. The summed E-state index contributed by atoms with van der Waals surface area (Å²) >= 11 is 1.74. The third-order valence-corrected chi connectivity index (χ3v) is 5.77. The summed E-state index contributed by atoms with van der Waals surface area (Å²) in [5.74, 6) is 0.699. The molecule has 0 radical (unpaired) electrons. The molecule has 2 aliphatic heterocycles. The van der Waals surface area contributed by atoms with Gasteiger partial charge >= 0.3 is 0 Å². The number of nitrogens with zero attached hydrogens (tertiary/aromatic N) is 3. The number of aliphatic hydroxyl groups excluding tert-OH is 1. The monoisotopic (exact) mass is 337 g/mol. The minimum absolute atomic E-state index is 0.266. The van der Waals surface area contributed by atoms with Crippen molar-refractivity contribution < 1.29 is 9.90 Å². The normalized spacial score (nSPS) is 21.7. The zero-order valence-corrected chi connectivity index (χ0v) is 14.5. The largest absolute Gasteiger partial charge is 0.396 e. The number of rotatable bonds is 5. The smallest absolute Gasteiger partial charge is 0.236 e. The summed E-state index contributed by atoms with van der Waals surface area (Å²) in [5, 5.41) is 13.5. The van der Waals surface area contributed by atoms with Crippen LogP contribution in [0.1, 0.15) is 18.4 Å². The van der Waals surface area contributed by atoms with E-state index in [4.69, 9.17) is 0 Å². The summed E-state index contributed by atoms with van der Waals surface area (Å²) in [6, 6.07) is 2.18. The summed E-state index contributed by atoms with van der Waals surface area (Å²) < 4.78 is 0. The zero-order valence-electron chi connectivity index (χ0n) is 13.7. The maximum atomic E-state index is 12.5. The first kappa shape index (κ1) is 16.9. The molecule has 128 valence electrons. The summed E-state index contributed by atoms with van der Waals surface area (Å²) in [5.41, 5.74) is 1.38. The maximum Gasteiger partial charge on any atom is 0.236 e. The number of carbonyl (C=O) groups excluding carboxylic acids is 1. The molecule has 0 bridgehead atoms. The number of piperazine rings is 1. The van der Waals surface area contributed by atoms with E-state index in [1.165, 1.54) is 5.56 Å². The van der Waals surface area contributed by atoms with Crippen LogP contribution in [0.3, 0.4) is 0 Å². The molecule has 0 aromatic carbocycles. The fraction of sp³-hybridized carbons (Fsp3) is 0.706. The lowest BCUT2D eigenvalue weighted by molar-refractivity contribution is -0.134. The fourth-order valence-corrected chi connectivity index (χ4v) is 4.07. The Morgan fingerprint density at radius 1 is 1.13 bits per heavy atom. The average Bonchev–Trinajstić information content (AvgIpc) is 3.09. The molecule has 3 heterocycles. The maximum absolute atomic E-state index is 12.5. The summed E-state index contributed by atoms with van der Waals surface area (Å²) in [6.07, 6.45) is 2.02. The Morgan fingerprint density at radius 2 is 1.87 bits per heavy atom. The Kier molecular flexibility index (Phi) is 6.05. The summed E-state index contributed by atoms with van der Waals surface area (Å²) in [7, 11) is 0. The van der Waals surface area contributed by atoms with E-state index in [0.29, 0.717) is 12.5 Å². The van der Waals surface area contributed by atoms with Crippen LogP contribution in [0.25, 0.3) is 0 Å². The number of thiophene rings is 1. The van der Waals surface area contributed by atoms with Crippen LogP contribution in [0.15, 0.2) is 16.8 Å². The van der Waals surface area contributed by atoms with Crippen molar-refractivity contribution in [2.24, 2.45) is 5.92 Å². The van der Waals surface area contributed by atoms with Gasteiger partial charge in [-0.25, -0.2) is 0 Å². The van der Waals surface area contributed by atoms with Crippen LogP contribution < -0.4 is 0 Å². The Morgan fingerprint density at radius 3 is 2.48 bits per heavy atom. The molecule has 6 heteroatoms. The number of piperidine rings is 1. The molecule has 0 spiro atoms. The lowest BCUT2D eigenvalue weighted by atomic mass is 9.98. The second kappa shape index (κ2) is 8.24. The Bertz CT molecular complexity index is 478. The van der Waals surface area contributed by atoms with Gasteiger partial charge in [0.2, 0.25) is 5.91 Å². The first-order chi connectivity index (χ1) is 11.2. The van der Waals surface area contributed by atoms with Crippen molar-refractivity contribution in [2.45, 2.75) is 19.4 Å². The first-order valence-electron chi connectivity index (χ1n) is 8.59. The second-order valence-corrected chi connectivity index (χ2v) is 7.47. The SMILES string of the molecule is O=C(CN1CCC(CO)CC1)N1CCN(Cc2ccsc2)CC1. The molecular formula is C17H27N3O2S. The zero-order chi connectivity index (χ0) is 16.1. The highest BCUT2D eigenvalue weighted by molar-refractivity contribution is 7.07. The number of aliphatic hydroxyl groups is 1. The van der Waals surface area contributed by atoms with E-state index in [0.717, 1.165) is 58.7 Å². The molecule has 5 nitrogen and oxygen atoms in total. The summed E-state index contributed by atoms with van der Waals surface area (Å²) in [4.78, 5) is 19.1. The molecule has 0 saturated carbocycles. The van der Waals surface area contributed by atoms with Gasteiger partial charge in [0.05, 0.1) is 6.54 Å². The highest BCUT2D eigenvalue weighted by Gasteiger charge is 2.25. The van der Waals surface area contributed by atoms with Crippen molar-refractivity contribution in [3.05, 3.63) is 22.4 Å². The van der Waals surface area contributed by atoms with Crippen molar-refractivity contribution in [1.29, 1.82) is 0 Å². The quantitative estimate of drug-likeness (QED) is 0.874. The molecule has 1 aromatic rings.